The summed E-state index contributed by atoms with van der Waals surface area (Å²) in [6.45, 7) is 2.46. The summed E-state index contributed by atoms with van der Waals surface area (Å²) in [5.74, 6) is 0.777. The van der Waals surface area contributed by atoms with Crippen molar-refractivity contribution in [1.82, 2.24) is 0 Å². The first-order valence-corrected chi connectivity index (χ1v) is 10.9. The number of rotatable bonds is 7. The molecule has 3 aromatic carbocycles. The van der Waals surface area contributed by atoms with Gasteiger partial charge in [0.25, 0.3) is 5.91 Å². The third-order valence-corrected chi connectivity index (χ3v) is 5.17. The number of anilines is 1. The second-order valence-corrected chi connectivity index (χ2v) is 7.60. The lowest BCUT2D eigenvalue weighted by Crippen LogP contribution is -2.30. The van der Waals surface area contributed by atoms with Gasteiger partial charge >= 0.3 is 5.97 Å². The smallest absolute Gasteiger partial charge is 0.339 e. The van der Waals surface area contributed by atoms with Gasteiger partial charge < -0.3 is 24.3 Å². The van der Waals surface area contributed by atoms with Crippen molar-refractivity contribution in [3.8, 4) is 17.2 Å². The van der Waals surface area contributed by atoms with Crippen molar-refractivity contribution in [2.45, 2.75) is 13.0 Å². The van der Waals surface area contributed by atoms with E-state index in [9.17, 15) is 9.59 Å². The Morgan fingerprint density at radius 1 is 0.941 bits per heavy atom. The Morgan fingerprint density at radius 3 is 2.47 bits per heavy atom. The van der Waals surface area contributed by atoms with E-state index in [1.807, 2.05) is 54.6 Å². The van der Waals surface area contributed by atoms with Crippen LogP contribution in [0.2, 0.25) is 0 Å². The minimum atomic E-state index is -1.03. The maximum absolute atomic E-state index is 13.1. The maximum atomic E-state index is 13.1. The van der Waals surface area contributed by atoms with Gasteiger partial charge in [0.15, 0.2) is 17.6 Å². The molecule has 0 bridgehead atoms. The molecule has 0 spiro atoms. The third kappa shape index (κ3) is 5.56. The molecular weight excluding hydrogens is 434 g/mol. The molecule has 1 amide bonds. The summed E-state index contributed by atoms with van der Waals surface area (Å²) in [5.41, 5.74) is 2.29. The quantitative estimate of drug-likeness (QED) is 0.316. The van der Waals surface area contributed by atoms with E-state index in [2.05, 4.69) is 5.32 Å². The number of ether oxygens (including phenoxy) is 4. The van der Waals surface area contributed by atoms with Crippen molar-refractivity contribution in [1.29, 1.82) is 0 Å². The fourth-order valence-electron chi connectivity index (χ4n) is 3.42. The van der Waals surface area contributed by atoms with Gasteiger partial charge in [-0.15, -0.1) is 0 Å². The predicted octanol–water partition coefficient (Wildman–Crippen LogP) is 4.58. The summed E-state index contributed by atoms with van der Waals surface area (Å²) >= 11 is 0. The number of nitrogens with one attached hydrogen (secondary N) is 1. The minimum absolute atomic E-state index is 0.327. The normalized spacial score (nSPS) is 13.5. The number of esters is 1. The Balaban J connectivity index is 1.50. The predicted molar refractivity (Wildman–Crippen MR) is 129 cm³/mol. The summed E-state index contributed by atoms with van der Waals surface area (Å²) in [6, 6.07) is 21.6. The molecule has 0 saturated heterocycles. The number of hydrogen-bond acceptors (Lipinski definition) is 6. The Morgan fingerprint density at radius 2 is 1.71 bits per heavy atom. The summed E-state index contributed by atoms with van der Waals surface area (Å²) in [7, 11) is 1.58. The Kier molecular flexibility index (Phi) is 7.13. The molecule has 1 atom stereocenters. The molecule has 0 aliphatic carbocycles. The van der Waals surface area contributed by atoms with Crippen LogP contribution in [0, 0.1) is 0 Å². The standard InChI is InChI=1S/C27H25NO6/c1-18(26(29)28-21-11-12-24-25(17-21)33-14-13-32-24)34-27(30)23(20-8-4-3-5-9-20)16-19-7-6-10-22(15-19)31-2/h3-12,15-18H,13-14H2,1-2H3,(H,28,29)/b23-16+/t18-/m1/s1. The van der Waals surface area contributed by atoms with Crippen LogP contribution in [0.4, 0.5) is 5.69 Å². The van der Waals surface area contributed by atoms with Gasteiger partial charge in [0, 0.05) is 11.8 Å². The van der Waals surface area contributed by atoms with E-state index in [4.69, 9.17) is 18.9 Å². The second-order valence-electron chi connectivity index (χ2n) is 7.60. The number of carbonyl (C=O) groups excluding carboxylic acids is 2. The van der Waals surface area contributed by atoms with Crippen LogP contribution >= 0.6 is 0 Å². The first-order chi connectivity index (χ1) is 16.5. The Bertz CT molecular complexity index is 1200. The van der Waals surface area contributed by atoms with Gasteiger partial charge in [-0.05, 0) is 48.4 Å². The van der Waals surface area contributed by atoms with Gasteiger partial charge in [-0.25, -0.2) is 4.79 Å². The van der Waals surface area contributed by atoms with Gasteiger partial charge in [0.1, 0.15) is 19.0 Å². The molecule has 0 saturated carbocycles. The summed E-state index contributed by atoms with van der Waals surface area (Å²) in [5, 5.41) is 2.75. The zero-order valence-corrected chi connectivity index (χ0v) is 18.9. The van der Waals surface area contributed by atoms with Crippen molar-refractivity contribution in [2.24, 2.45) is 0 Å². The largest absolute Gasteiger partial charge is 0.497 e. The molecule has 0 radical (unpaired) electrons. The lowest BCUT2D eigenvalue weighted by molar-refractivity contribution is -0.147. The van der Waals surface area contributed by atoms with Gasteiger partial charge in [-0.3, -0.25) is 4.79 Å². The van der Waals surface area contributed by atoms with Gasteiger partial charge in [-0.2, -0.15) is 0 Å². The molecule has 34 heavy (non-hydrogen) atoms. The number of methoxy groups -OCH3 is 1. The highest BCUT2D eigenvalue weighted by atomic mass is 16.6. The summed E-state index contributed by atoms with van der Waals surface area (Å²) in [6.07, 6.45) is 0.684. The molecule has 1 heterocycles. The Labute approximate surface area is 197 Å². The van der Waals surface area contributed by atoms with Crippen LogP contribution in [0.3, 0.4) is 0 Å². The number of hydrogen-bond donors (Lipinski definition) is 1. The molecule has 1 aliphatic heterocycles. The van der Waals surface area contributed by atoms with E-state index in [0.717, 1.165) is 5.56 Å². The molecule has 1 aliphatic rings. The van der Waals surface area contributed by atoms with Crippen molar-refractivity contribution < 1.29 is 28.5 Å². The first kappa shape index (κ1) is 22.9. The number of benzene rings is 3. The summed E-state index contributed by atoms with van der Waals surface area (Å²) < 4.78 is 21.9. The third-order valence-electron chi connectivity index (χ3n) is 5.17. The van der Waals surface area contributed by atoms with E-state index >= 15 is 0 Å². The van der Waals surface area contributed by atoms with Crippen molar-refractivity contribution in [2.75, 3.05) is 25.6 Å². The van der Waals surface area contributed by atoms with Crippen LogP contribution in [0.15, 0.2) is 72.8 Å². The van der Waals surface area contributed by atoms with E-state index in [-0.39, 0.29) is 0 Å². The van der Waals surface area contributed by atoms with Gasteiger partial charge in [-0.1, -0.05) is 42.5 Å². The van der Waals surface area contributed by atoms with Crippen LogP contribution in [-0.4, -0.2) is 38.3 Å². The monoisotopic (exact) mass is 459 g/mol. The molecule has 1 N–H and O–H groups in total. The second kappa shape index (κ2) is 10.6. The molecule has 3 aromatic rings. The number of amides is 1. The summed E-state index contributed by atoms with van der Waals surface area (Å²) in [4.78, 5) is 25.8. The number of fused-ring (bicyclic) bond motifs is 1. The lowest BCUT2D eigenvalue weighted by atomic mass is 10.0. The highest BCUT2D eigenvalue weighted by Gasteiger charge is 2.22. The van der Waals surface area contributed by atoms with Crippen LogP contribution < -0.4 is 19.5 Å². The highest BCUT2D eigenvalue weighted by molar-refractivity contribution is 6.22. The molecule has 174 valence electrons. The van der Waals surface area contributed by atoms with Gasteiger partial charge in [0.05, 0.1) is 12.7 Å². The van der Waals surface area contributed by atoms with Crippen molar-refractivity contribution >= 4 is 29.2 Å². The van der Waals surface area contributed by atoms with Gasteiger partial charge in [0.2, 0.25) is 0 Å². The molecule has 7 nitrogen and oxygen atoms in total. The molecule has 0 fully saturated rings. The minimum Gasteiger partial charge on any atom is -0.497 e. The van der Waals surface area contributed by atoms with Crippen molar-refractivity contribution in [3.05, 3.63) is 83.9 Å². The maximum Gasteiger partial charge on any atom is 0.339 e. The van der Waals surface area contributed by atoms with Crippen LogP contribution in [-0.2, 0) is 14.3 Å². The van der Waals surface area contributed by atoms with Crippen LogP contribution in [0.1, 0.15) is 18.1 Å². The molecule has 7 heteroatoms. The lowest BCUT2D eigenvalue weighted by Gasteiger charge is -2.19. The Hall–Kier alpha value is -4.26. The molecule has 0 aromatic heterocycles. The molecule has 0 unspecified atom stereocenters. The fraction of sp³-hybridized carbons (Fsp3) is 0.185. The zero-order chi connectivity index (χ0) is 23.9. The fourth-order valence-corrected chi connectivity index (χ4v) is 3.42. The zero-order valence-electron chi connectivity index (χ0n) is 18.9. The molecular formula is C27H25NO6. The van der Waals surface area contributed by atoms with E-state index in [1.54, 1.807) is 31.4 Å². The first-order valence-electron chi connectivity index (χ1n) is 10.9. The topological polar surface area (TPSA) is 83.1 Å². The van der Waals surface area contributed by atoms with E-state index in [0.29, 0.717) is 47.3 Å². The van der Waals surface area contributed by atoms with Crippen molar-refractivity contribution in [3.63, 3.8) is 0 Å². The van der Waals surface area contributed by atoms with E-state index < -0.39 is 18.0 Å². The number of carbonyl (C=O) groups is 2. The average molecular weight is 459 g/mol. The molecule has 4 rings (SSSR count). The SMILES string of the molecule is COc1cccc(/C=C(/C(=O)O[C@H](C)C(=O)Nc2ccc3c(c2)OCCO3)c2ccccc2)c1. The van der Waals surface area contributed by atoms with Crippen LogP contribution in [0.25, 0.3) is 11.6 Å². The van der Waals surface area contributed by atoms with E-state index in [1.165, 1.54) is 6.92 Å². The average Bonchev–Trinajstić information content (AvgIpc) is 2.87. The highest BCUT2D eigenvalue weighted by Crippen LogP contribution is 2.32. The van der Waals surface area contributed by atoms with Crippen LogP contribution in [0.5, 0.6) is 17.2 Å².